The summed E-state index contributed by atoms with van der Waals surface area (Å²) in [6.07, 6.45) is 0.509. The van der Waals surface area contributed by atoms with E-state index in [-0.39, 0.29) is 10.9 Å². The van der Waals surface area contributed by atoms with Crippen LogP contribution in [-0.4, -0.2) is 21.5 Å². The molecule has 6 nitrogen and oxygen atoms in total. The molecule has 1 rings (SSSR count). The molecular formula is C10H15N3O3S. The van der Waals surface area contributed by atoms with Crippen molar-refractivity contribution >= 4 is 21.7 Å². The van der Waals surface area contributed by atoms with Gasteiger partial charge in [0.1, 0.15) is 0 Å². The molecule has 94 valence electrons. The van der Waals surface area contributed by atoms with Gasteiger partial charge < -0.3 is 10.6 Å². The minimum Gasteiger partial charge on any atom is -0.341 e. The van der Waals surface area contributed by atoms with E-state index in [4.69, 9.17) is 5.14 Å². The number of primary sulfonamides is 1. The minimum absolute atomic E-state index is 0.0856. The molecule has 4 N–H and O–H groups in total. The van der Waals surface area contributed by atoms with Crippen LogP contribution in [0.4, 0.5) is 10.5 Å². The average Bonchev–Trinajstić information content (AvgIpc) is 2.27. The first kappa shape index (κ1) is 13.5. The fraction of sp³-hybridized carbons (Fsp3) is 0.300. The molecule has 0 atom stereocenters. The number of urea groups is 1. The Hall–Kier alpha value is -1.60. The predicted molar refractivity (Wildman–Crippen MR) is 65.3 cm³/mol. The number of carbonyl (C=O) groups is 1. The van der Waals surface area contributed by atoms with Gasteiger partial charge in [-0.15, -0.1) is 0 Å². The van der Waals surface area contributed by atoms with Gasteiger partial charge in [0.15, 0.2) is 0 Å². The quantitative estimate of drug-likeness (QED) is 0.740. The number of sulfonamides is 1. The summed E-state index contributed by atoms with van der Waals surface area (Å²) < 4.78 is 22.6. The summed E-state index contributed by atoms with van der Waals surface area (Å²) >= 11 is 0. The number of carbonyl (C=O) groups excluding carboxylic acids is 1. The predicted octanol–water partition coefficient (Wildman–Crippen LogP) is 0.648. The van der Waals surface area contributed by atoms with Gasteiger partial charge in [-0.1, -0.05) is 6.92 Å². The zero-order valence-electron chi connectivity index (χ0n) is 9.65. The lowest BCUT2D eigenvalue weighted by Gasteiger charge is -2.09. The molecule has 0 bridgehead atoms. The summed E-state index contributed by atoms with van der Waals surface area (Å²) in [5.74, 6) is 0. The van der Waals surface area contributed by atoms with Crippen LogP contribution in [-0.2, 0) is 16.4 Å². The Labute approximate surface area is 100 Å². The van der Waals surface area contributed by atoms with Gasteiger partial charge in [-0.25, -0.2) is 18.4 Å². The lowest BCUT2D eigenvalue weighted by atomic mass is 10.1. The molecule has 0 spiro atoms. The molecule has 7 heteroatoms. The van der Waals surface area contributed by atoms with E-state index in [9.17, 15) is 13.2 Å². The number of benzene rings is 1. The number of amides is 2. The lowest BCUT2D eigenvalue weighted by molar-refractivity contribution is 0.254. The van der Waals surface area contributed by atoms with Crippen molar-refractivity contribution in [2.45, 2.75) is 18.2 Å². The topological polar surface area (TPSA) is 101 Å². The summed E-state index contributed by atoms with van der Waals surface area (Å²) in [5, 5.41) is 10.0. The second kappa shape index (κ2) is 5.15. The Morgan fingerprint density at radius 1 is 1.41 bits per heavy atom. The number of aryl methyl sites for hydroxylation is 1. The van der Waals surface area contributed by atoms with Gasteiger partial charge in [-0.05, 0) is 30.2 Å². The Bertz CT molecular complexity index is 526. The SMILES string of the molecule is CCc1cc(NC(=O)NC)ccc1S(N)(=O)=O. The van der Waals surface area contributed by atoms with Gasteiger partial charge in [-0.2, -0.15) is 0 Å². The van der Waals surface area contributed by atoms with Crippen LogP contribution in [0.25, 0.3) is 0 Å². The number of nitrogens with one attached hydrogen (secondary N) is 2. The molecule has 17 heavy (non-hydrogen) atoms. The second-order valence-corrected chi connectivity index (χ2v) is 4.96. The maximum absolute atomic E-state index is 11.3. The zero-order chi connectivity index (χ0) is 13.1. The van der Waals surface area contributed by atoms with Crippen molar-refractivity contribution in [1.29, 1.82) is 0 Å². The third-order valence-corrected chi connectivity index (χ3v) is 3.24. The summed E-state index contributed by atoms with van der Waals surface area (Å²) in [4.78, 5) is 11.2. The number of hydrogen-bond acceptors (Lipinski definition) is 3. The maximum atomic E-state index is 11.3. The van der Waals surface area contributed by atoms with Crippen molar-refractivity contribution in [3.05, 3.63) is 23.8 Å². The van der Waals surface area contributed by atoms with Crippen molar-refractivity contribution in [3.8, 4) is 0 Å². The molecule has 0 radical (unpaired) electrons. The Balaban J connectivity index is 3.14. The van der Waals surface area contributed by atoms with Crippen LogP contribution in [0.15, 0.2) is 23.1 Å². The van der Waals surface area contributed by atoms with E-state index in [1.165, 1.54) is 19.2 Å². The van der Waals surface area contributed by atoms with Crippen LogP contribution >= 0.6 is 0 Å². The zero-order valence-corrected chi connectivity index (χ0v) is 10.5. The van der Waals surface area contributed by atoms with E-state index >= 15 is 0 Å². The molecule has 0 aromatic heterocycles. The van der Waals surface area contributed by atoms with Gasteiger partial charge in [0.25, 0.3) is 0 Å². The average molecular weight is 257 g/mol. The Morgan fingerprint density at radius 2 is 2.06 bits per heavy atom. The molecular weight excluding hydrogens is 242 g/mol. The van der Waals surface area contributed by atoms with Crippen molar-refractivity contribution in [1.82, 2.24) is 5.32 Å². The Morgan fingerprint density at radius 3 is 2.53 bits per heavy atom. The van der Waals surface area contributed by atoms with Gasteiger partial charge in [0, 0.05) is 12.7 Å². The second-order valence-electron chi connectivity index (χ2n) is 3.43. The van der Waals surface area contributed by atoms with Gasteiger partial charge in [-0.3, -0.25) is 0 Å². The Kier molecular flexibility index (Phi) is 4.08. The molecule has 1 aromatic rings. The van der Waals surface area contributed by atoms with E-state index in [0.717, 1.165) is 0 Å². The normalized spacial score (nSPS) is 11.0. The van der Waals surface area contributed by atoms with Crippen molar-refractivity contribution in [2.24, 2.45) is 5.14 Å². The highest BCUT2D eigenvalue weighted by atomic mass is 32.2. The van der Waals surface area contributed by atoms with E-state index in [0.29, 0.717) is 17.7 Å². The first-order chi connectivity index (χ1) is 7.88. The van der Waals surface area contributed by atoms with Crippen LogP contribution in [0.3, 0.4) is 0 Å². The summed E-state index contributed by atoms with van der Waals surface area (Å²) in [6.45, 7) is 1.81. The lowest BCUT2D eigenvalue weighted by Crippen LogP contribution is -2.24. The molecule has 0 aliphatic rings. The van der Waals surface area contributed by atoms with Crippen LogP contribution in [0.5, 0.6) is 0 Å². The van der Waals surface area contributed by atoms with Crippen LogP contribution in [0.2, 0.25) is 0 Å². The molecule has 0 saturated heterocycles. The molecule has 0 unspecified atom stereocenters. The first-order valence-corrected chi connectivity index (χ1v) is 6.57. The highest BCUT2D eigenvalue weighted by Crippen LogP contribution is 2.19. The summed E-state index contributed by atoms with van der Waals surface area (Å²) in [6, 6.07) is 4.11. The van der Waals surface area contributed by atoms with Gasteiger partial charge in [0.2, 0.25) is 10.0 Å². The number of anilines is 1. The molecule has 1 aromatic carbocycles. The summed E-state index contributed by atoms with van der Waals surface area (Å²) in [5.41, 5.74) is 1.09. The van der Waals surface area contributed by atoms with Gasteiger partial charge in [0.05, 0.1) is 4.90 Å². The van der Waals surface area contributed by atoms with Crippen molar-refractivity contribution in [2.75, 3.05) is 12.4 Å². The smallest absolute Gasteiger partial charge is 0.318 e. The van der Waals surface area contributed by atoms with Crippen molar-refractivity contribution in [3.63, 3.8) is 0 Å². The number of nitrogens with two attached hydrogens (primary N) is 1. The van der Waals surface area contributed by atoms with Crippen molar-refractivity contribution < 1.29 is 13.2 Å². The van der Waals surface area contributed by atoms with E-state index in [1.54, 1.807) is 6.07 Å². The molecule has 2 amide bonds. The van der Waals surface area contributed by atoms with Crippen LogP contribution in [0.1, 0.15) is 12.5 Å². The standard InChI is InChI=1S/C10H15N3O3S/c1-3-7-6-8(13-10(14)12-2)4-5-9(7)17(11,15)16/h4-6H,3H2,1-2H3,(H2,11,15,16)(H2,12,13,14). The van der Waals surface area contributed by atoms with Crippen LogP contribution in [0, 0.1) is 0 Å². The highest BCUT2D eigenvalue weighted by Gasteiger charge is 2.13. The molecule has 0 heterocycles. The number of rotatable bonds is 3. The third-order valence-electron chi connectivity index (χ3n) is 2.23. The summed E-state index contributed by atoms with van der Waals surface area (Å²) in [7, 11) is -2.23. The van der Waals surface area contributed by atoms with E-state index in [1.807, 2.05) is 6.92 Å². The largest absolute Gasteiger partial charge is 0.341 e. The first-order valence-electron chi connectivity index (χ1n) is 5.03. The monoisotopic (exact) mass is 257 g/mol. The molecule has 0 aliphatic carbocycles. The maximum Gasteiger partial charge on any atom is 0.318 e. The van der Waals surface area contributed by atoms with E-state index in [2.05, 4.69) is 10.6 Å². The highest BCUT2D eigenvalue weighted by molar-refractivity contribution is 7.89. The molecule has 0 saturated carbocycles. The fourth-order valence-electron chi connectivity index (χ4n) is 1.40. The minimum atomic E-state index is -3.72. The molecule has 0 fully saturated rings. The number of hydrogen-bond donors (Lipinski definition) is 3. The van der Waals surface area contributed by atoms with E-state index < -0.39 is 10.0 Å². The fourth-order valence-corrected chi connectivity index (χ4v) is 2.23. The third kappa shape index (κ3) is 3.43. The van der Waals surface area contributed by atoms with Crippen LogP contribution < -0.4 is 15.8 Å². The molecule has 0 aliphatic heterocycles. The van der Waals surface area contributed by atoms with Gasteiger partial charge >= 0.3 is 6.03 Å².